The van der Waals surface area contributed by atoms with Gasteiger partial charge in [-0.15, -0.1) is 0 Å². The van der Waals surface area contributed by atoms with Crippen LogP contribution >= 0.6 is 0 Å². The highest BCUT2D eigenvalue weighted by Gasteiger charge is 2.23. The molecule has 0 radical (unpaired) electrons. The van der Waals surface area contributed by atoms with Crippen LogP contribution in [0.15, 0.2) is 23.9 Å². The molecular formula is C8H9NO2. The fourth-order valence-electron chi connectivity index (χ4n) is 0.877. The van der Waals surface area contributed by atoms with Gasteiger partial charge in [-0.2, -0.15) is 0 Å². The number of rotatable bonds is 1. The molecule has 0 aromatic heterocycles. The van der Waals surface area contributed by atoms with E-state index in [-0.39, 0.29) is 11.8 Å². The molecule has 0 aromatic rings. The van der Waals surface area contributed by atoms with Crippen molar-refractivity contribution in [3.05, 3.63) is 23.9 Å². The molecule has 0 unspecified atom stereocenters. The maximum atomic E-state index is 11.0. The van der Waals surface area contributed by atoms with Crippen molar-refractivity contribution < 1.29 is 9.59 Å². The van der Waals surface area contributed by atoms with Crippen LogP contribution in [-0.2, 0) is 9.59 Å². The van der Waals surface area contributed by atoms with Gasteiger partial charge in [0.2, 0.25) is 0 Å². The van der Waals surface area contributed by atoms with Gasteiger partial charge in [0.1, 0.15) is 0 Å². The lowest BCUT2D eigenvalue weighted by molar-refractivity contribution is -0.134. The molecule has 0 N–H and O–H groups in total. The predicted octanol–water partition coefficient (Wildman–Crippen LogP) is 0.835. The first-order valence-corrected chi connectivity index (χ1v) is 3.36. The minimum atomic E-state index is -0.259. The van der Waals surface area contributed by atoms with Crippen LogP contribution in [-0.4, -0.2) is 16.7 Å². The molecule has 3 heteroatoms. The average molecular weight is 151 g/mol. The first-order chi connectivity index (χ1) is 5.16. The molecule has 3 nitrogen and oxygen atoms in total. The summed E-state index contributed by atoms with van der Waals surface area (Å²) in [7, 11) is 0. The van der Waals surface area contributed by atoms with Crippen LogP contribution in [0.4, 0.5) is 0 Å². The van der Waals surface area contributed by atoms with Crippen molar-refractivity contribution >= 4 is 11.8 Å². The highest BCUT2D eigenvalue weighted by Crippen LogP contribution is 2.10. The van der Waals surface area contributed by atoms with Gasteiger partial charge in [0.15, 0.2) is 0 Å². The summed E-state index contributed by atoms with van der Waals surface area (Å²) in [4.78, 5) is 23.1. The number of carbonyl (C=O) groups excluding carboxylic acids is 2. The van der Waals surface area contributed by atoms with Crippen molar-refractivity contribution in [2.24, 2.45) is 0 Å². The number of amides is 2. The number of hydrogen-bond donors (Lipinski definition) is 0. The molecule has 2 amide bonds. The Morgan fingerprint density at radius 3 is 2.18 bits per heavy atom. The van der Waals surface area contributed by atoms with Gasteiger partial charge < -0.3 is 0 Å². The smallest absolute Gasteiger partial charge is 0.257 e. The average Bonchev–Trinajstić information content (AvgIpc) is 2.30. The van der Waals surface area contributed by atoms with Crippen LogP contribution in [0.2, 0.25) is 0 Å². The van der Waals surface area contributed by atoms with E-state index >= 15 is 0 Å². The van der Waals surface area contributed by atoms with Crippen molar-refractivity contribution in [3.63, 3.8) is 0 Å². The van der Waals surface area contributed by atoms with Crippen LogP contribution in [0.25, 0.3) is 0 Å². The molecule has 1 heterocycles. The summed E-state index contributed by atoms with van der Waals surface area (Å²) in [6.45, 7) is 3.51. The van der Waals surface area contributed by atoms with Gasteiger partial charge in [-0.05, 0) is 13.8 Å². The molecule has 1 aliphatic heterocycles. The molecule has 0 fully saturated rings. The molecule has 0 atom stereocenters. The Bertz CT molecular complexity index is 245. The van der Waals surface area contributed by atoms with Gasteiger partial charge in [-0.3, -0.25) is 9.59 Å². The molecule has 0 aliphatic carbocycles. The Labute approximate surface area is 65.0 Å². The summed E-state index contributed by atoms with van der Waals surface area (Å²) in [6, 6.07) is 0. The van der Waals surface area contributed by atoms with E-state index in [4.69, 9.17) is 0 Å². The molecule has 1 rings (SSSR count). The number of hydrogen-bond acceptors (Lipinski definition) is 2. The second-order valence-electron chi connectivity index (χ2n) is 2.28. The van der Waals surface area contributed by atoms with Crippen LogP contribution in [0.3, 0.4) is 0 Å². The molecule has 0 bridgehead atoms. The van der Waals surface area contributed by atoms with Crippen LogP contribution in [0, 0.1) is 0 Å². The number of nitrogens with zero attached hydrogens (tertiary/aromatic N) is 1. The summed E-state index contributed by atoms with van der Waals surface area (Å²) in [5.74, 6) is -0.517. The van der Waals surface area contributed by atoms with Gasteiger partial charge in [-0.25, -0.2) is 4.90 Å². The quantitative estimate of drug-likeness (QED) is 0.520. The Balaban J connectivity index is 2.91. The van der Waals surface area contributed by atoms with Gasteiger partial charge in [0.05, 0.1) is 0 Å². The second-order valence-corrected chi connectivity index (χ2v) is 2.28. The molecule has 1 aliphatic rings. The Hall–Kier alpha value is -1.38. The Morgan fingerprint density at radius 2 is 1.82 bits per heavy atom. The van der Waals surface area contributed by atoms with Crippen molar-refractivity contribution in [3.8, 4) is 0 Å². The predicted molar refractivity (Wildman–Crippen MR) is 40.4 cm³/mol. The molecule has 0 saturated heterocycles. The van der Waals surface area contributed by atoms with E-state index in [0.717, 1.165) is 4.90 Å². The second kappa shape index (κ2) is 2.70. The SMILES string of the molecule is C/C=C(\C)N1C(=O)C=CC1=O. The van der Waals surface area contributed by atoms with Crippen LogP contribution in [0.1, 0.15) is 13.8 Å². The minimum Gasteiger partial charge on any atom is -0.269 e. The molecule has 0 spiro atoms. The number of carbonyl (C=O) groups is 2. The van der Waals surface area contributed by atoms with E-state index in [9.17, 15) is 9.59 Å². The van der Waals surface area contributed by atoms with Gasteiger partial charge in [0.25, 0.3) is 11.8 Å². The van der Waals surface area contributed by atoms with Gasteiger partial charge in [-0.1, -0.05) is 6.08 Å². The van der Waals surface area contributed by atoms with E-state index < -0.39 is 0 Å². The normalized spacial score (nSPS) is 18.4. The maximum absolute atomic E-state index is 11.0. The number of imide groups is 1. The lowest BCUT2D eigenvalue weighted by Crippen LogP contribution is -2.27. The highest BCUT2D eigenvalue weighted by atomic mass is 16.2. The topological polar surface area (TPSA) is 37.4 Å². The maximum Gasteiger partial charge on any atom is 0.257 e. The lowest BCUT2D eigenvalue weighted by atomic mass is 10.4. The summed E-state index contributed by atoms with van der Waals surface area (Å²) in [5.41, 5.74) is 0.671. The third-order valence-corrected chi connectivity index (χ3v) is 1.58. The third kappa shape index (κ3) is 1.22. The van der Waals surface area contributed by atoms with Crippen molar-refractivity contribution in [2.75, 3.05) is 0 Å². The summed E-state index contributed by atoms with van der Waals surface area (Å²) in [5, 5.41) is 0. The van der Waals surface area contributed by atoms with E-state index in [2.05, 4.69) is 0 Å². The van der Waals surface area contributed by atoms with Crippen molar-refractivity contribution in [1.82, 2.24) is 4.90 Å². The van der Waals surface area contributed by atoms with E-state index in [1.54, 1.807) is 19.9 Å². The fraction of sp³-hybridized carbons (Fsp3) is 0.250. The zero-order valence-corrected chi connectivity index (χ0v) is 6.50. The summed E-state index contributed by atoms with van der Waals surface area (Å²) in [6.07, 6.45) is 4.27. The first kappa shape index (κ1) is 7.72. The largest absolute Gasteiger partial charge is 0.269 e. The lowest BCUT2D eigenvalue weighted by Gasteiger charge is -2.12. The first-order valence-electron chi connectivity index (χ1n) is 3.36. The fourth-order valence-corrected chi connectivity index (χ4v) is 0.877. The van der Waals surface area contributed by atoms with Crippen LogP contribution in [0.5, 0.6) is 0 Å². The molecule has 11 heavy (non-hydrogen) atoms. The molecule has 0 aromatic carbocycles. The molecule has 0 saturated carbocycles. The summed E-state index contributed by atoms with van der Waals surface area (Å²) < 4.78 is 0. The number of allylic oxidation sites excluding steroid dienone is 2. The van der Waals surface area contributed by atoms with Gasteiger partial charge >= 0.3 is 0 Å². The summed E-state index contributed by atoms with van der Waals surface area (Å²) >= 11 is 0. The van der Waals surface area contributed by atoms with E-state index in [1.807, 2.05) is 0 Å². The molecule has 58 valence electrons. The Morgan fingerprint density at radius 1 is 1.36 bits per heavy atom. The van der Waals surface area contributed by atoms with Crippen molar-refractivity contribution in [1.29, 1.82) is 0 Å². The highest BCUT2D eigenvalue weighted by molar-refractivity contribution is 6.14. The van der Waals surface area contributed by atoms with E-state index in [0.29, 0.717) is 5.70 Å². The monoisotopic (exact) mass is 151 g/mol. The Kier molecular flexibility index (Phi) is 1.89. The molecular weight excluding hydrogens is 142 g/mol. The zero-order chi connectivity index (χ0) is 8.43. The zero-order valence-electron chi connectivity index (χ0n) is 6.50. The van der Waals surface area contributed by atoms with Crippen LogP contribution < -0.4 is 0 Å². The van der Waals surface area contributed by atoms with Crippen molar-refractivity contribution in [2.45, 2.75) is 13.8 Å². The van der Waals surface area contributed by atoms with E-state index in [1.165, 1.54) is 12.2 Å². The standard InChI is InChI=1S/C8H9NO2/c1-3-6(2)9-7(10)4-5-8(9)11/h3-5H,1-2H3/b6-3+. The minimum absolute atomic E-state index is 0.259. The van der Waals surface area contributed by atoms with Gasteiger partial charge in [0, 0.05) is 17.8 Å². The third-order valence-electron chi connectivity index (χ3n) is 1.58.